The third-order valence-electron chi connectivity index (χ3n) is 5.00. The van der Waals surface area contributed by atoms with Crippen LogP contribution >= 0.6 is 23.5 Å². The minimum atomic E-state index is -0.220. The average molecular weight is 429 g/mol. The van der Waals surface area contributed by atoms with Gasteiger partial charge in [0.2, 0.25) is 0 Å². The van der Waals surface area contributed by atoms with Crippen LogP contribution in [0, 0.1) is 0 Å². The Morgan fingerprint density at radius 2 is 1.76 bits per heavy atom. The lowest BCUT2D eigenvalue weighted by molar-refractivity contribution is 0.0858. The summed E-state index contributed by atoms with van der Waals surface area (Å²) in [6.07, 6.45) is 2.08. The first-order chi connectivity index (χ1) is 14.2. The van der Waals surface area contributed by atoms with Gasteiger partial charge in [-0.2, -0.15) is 0 Å². The number of benzene rings is 2. The van der Waals surface area contributed by atoms with E-state index in [4.69, 9.17) is 4.74 Å². The number of rotatable bonds is 6. The molecule has 1 atom stereocenters. The standard InChI is InChI=1S/C22H24N2O3S2/c25-20(15-7-9-16(10-8-15)22-28-12-13-29-22)24-19-6-2-1-5-18(19)21(26)23-14-17-4-3-11-27-17/h1-2,5-10,17,22H,3-4,11-14H2,(H,23,26)(H,24,25). The lowest BCUT2D eigenvalue weighted by Crippen LogP contribution is -2.32. The molecule has 29 heavy (non-hydrogen) atoms. The first-order valence-electron chi connectivity index (χ1n) is 9.84. The van der Waals surface area contributed by atoms with Gasteiger partial charge in [0.15, 0.2) is 0 Å². The van der Waals surface area contributed by atoms with Gasteiger partial charge in [0, 0.05) is 30.2 Å². The molecular formula is C22H24N2O3S2. The Hall–Kier alpha value is -1.96. The van der Waals surface area contributed by atoms with E-state index in [1.165, 1.54) is 17.1 Å². The van der Waals surface area contributed by atoms with E-state index in [1.54, 1.807) is 18.2 Å². The minimum Gasteiger partial charge on any atom is -0.376 e. The van der Waals surface area contributed by atoms with Crippen molar-refractivity contribution in [3.63, 3.8) is 0 Å². The molecular weight excluding hydrogens is 404 g/mol. The van der Waals surface area contributed by atoms with Crippen LogP contribution in [0.4, 0.5) is 5.69 Å². The molecule has 1 unspecified atom stereocenters. The van der Waals surface area contributed by atoms with Crippen LogP contribution in [0.3, 0.4) is 0 Å². The molecule has 0 saturated carbocycles. The van der Waals surface area contributed by atoms with Gasteiger partial charge in [-0.3, -0.25) is 9.59 Å². The van der Waals surface area contributed by atoms with E-state index < -0.39 is 0 Å². The highest BCUT2D eigenvalue weighted by Gasteiger charge is 2.20. The molecule has 2 saturated heterocycles. The summed E-state index contributed by atoms with van der Waals surface area (Å²) in [6.45, 7) is 1.24. The zero-order valence-corrected chi connectivity index (χ0v) is 17.7. The van der Waals surface area contributed by atoms with Crippen LogP contribution in [0.2, 0.25) is 0 Å². The fourth-order valence-corrected chi connectivity index (χ4v) is 6.29. The number of para-hydroxylation sites is 1. The SMILES string of the molecule is O=C(Nc1ccccc1C(=O)NCC1CCCO1)c1ccc(C2SCCS2)cc1. The van der Waals surface area contributed by atoms with E-state index >= 15 is 0 Å². The summed E-state index contributed by atoms with van der Waals surface area (Å²) in [5.41, 5.74) is 2.78. The highest BCUT2D eigenvalue weighted by Crippen LogP contribution is 2.45. The van der Waals surface area contributed by atoms with E-state index in [0.717, 1.165) is 19.4 Å². The maximum Gasteiger partial charge on any atom is 0.255 e. The number of nitrogens with one attached hydrogen (secondary N) is 2. The fourth-order valence-electron chi connectivity index (χ4n) is 3.43. The van der Waals surface area contributed by atoms with Gasteiger partial charge >= 0.3 is 0 Å². The first kappa shape index (κ1) is 20.3. The highest BCUT2D eigenvalue weighted by atomic mass is 32.2. The Kier molecular flexibility index (Phi) is 6.79. The van der Waals surface area contributed by atoms with Crippen molar-refractivity contribution in [2.45, 2.75) is 23.5 Å². The maximum atomic E-state index is 12.7. The van der Waals surface area contributed by atoms with Gasteiger partial charge in [-0.1, -0.05) is 24.3 Å². The van der Waals surface area contributed by atoms with Crippen molar-refractivity contribution in [1.82, 2.24) is 5.32 Å². The third kappa shape index (κ3) is 5.15. The highest BCUT2D eigenvalue weighted by molar-refractivity contribution is 8.19. The minimum absolute atomic E-state index is 0.0791. The quantitative estimate of drug-likeness (QED) is 0.717. The van der Waals surface area contributed by atoms with Gasteiger partial charge in [0.05, 0.1) is 21.9 Å². The molecule has 2 aliphatic heterocycles. The Bertz CT molecular complexity index is 861. The summed E-state index contributed by atoms with van der Waals surface area (Å²) in [4.78, 5) is 25.3. The average Bonchev–Trinajstić information content (AvgIpc) is 3.47. The summed E-state index contributed by atoms with van der Waals surface area (Å²) in [5, 5.41) is 5.80. The van der Waals surface area contributed by atoms with Crippen molar-refractivity contribution in [2.24, 2.45) is 0 Å². The summed E-state index contributed by atoms with van der Waals surface area (Å²) >= 11 is 3.88. The Morgan fingerprint density at radius 3 is 2.48 bits per heavy atom. The number of carbonyl (C=O) groups excluding carboxylic acids is 2. The molecule has 2 fully saturated rings. The van der Waals surface area contributed by atoms with Gasteiger partial charge in [0.1, 0.15) is 0 Å². The molecule has 2 aromatic carbocycles. The summed E-state index contributed by atoms with van der Waals surface area (Å²) in [7, 11) is 0. The van der Waals surface area contributed by atoms with Crippen LogP contribution in [-0.4, -0.2) is 42.6 Å². The lowest BCUT2D eigenvalue weighted by Gasteiger charge is -2.14. The van der Waals surface area contributed by atoms with Gasteiger partial charge in [0.25, 0.3) is 11.8 Å². The molecule has 0 radical (unpaired) electrons. The molecule has 2 heterocycles. The van der Waals surface area contributed by atoms with Gasteiger partial charge in [-0.25, -0.2) is 0 Å². The predicted octanol–water partition coefficient (Wildman–Crippen LogP) is 4.33. The molecule has 2 aromatic rings. The summed E-state index contributed by atoms with van der Waals surface area (Å²) < 4.78 is 6.01. The Balaban J connectivity index is 1.40. The van der Waals surface area contributed by atoms with Crippen LogP contribution in [0.15, 0.2) is 48.5 Å². The zero-order valence-electron chi connectivity index (χ0n) is 16.1. The number of hydrogen-bond donors (Lipinski definition) is 2. The Labute approximate surface area is 179 Å². The second-order valence-corrected chi connectivity index (χ2v) is 9.76. The normalized spacial score (nSPS) is 19.2. The van der Waals surface area contributed by atoms with Crippen LogP contribution in [-0.2, 0) is 4.74 Å². The number of carbonyl (C=O) groups is 2. The molecule has 5 nitrogen and oxygen atoms in total. The largest absolute Gasteiger partial charge is 0.376 e. The second kappa shape index (κ2) is 9.69. The molecule has 152 valence electrons. The molecule has 2 aliphatic rings. The van der Waals surface area contributed by atoms with E-state index in [1.807, 2.05) is 53.9 Å². The molecule has 4 rings (SSSR count). The Morgan fingerprint density at radius 1 is 1.00 bits per heavy atom. The predicted molar refractivity (Wildman–Crippen MR) is 120 cm³/mol. The molecule has 0 bridgehead atoms. The third-order valence-corrected chi connectivity index (χ3v) is 8.11. The van der Waals surface area contributed by atoms with Crippen molar-refractivity contribution in [3.05, 3.63) is 65.2 Å². The van der Waals surface area contributed by atoms with E-state index in [2.05, 4.69) is 10.6 Å². The van der Waals surface area contributed by atoms with Crippen LogP contribution in [0.25, 0.3) is 0 Å². The molecule has 2 amide bonds. The molecule has 0 aliphatic carbocycles. The topological polar surface area (TPSA) is 67.4 Å². The van der Waals surface area contributed by atoms with E-state index in [0.29, 0.717) is 27.9 Å². The second-order valence-electron chi connectivity index (χ2n) is 7.04. The first-order valence-corrected chi connectivity index (χ1v) is 11.9. The number of anilines is 1. The van der Waals surface area contributed by atoms with Crippen LogP contribution < -0.4 is 10.6 Å². The van der Waals surface area contributed by atoms with Gasteiger partial charge < -0.3 is 15.4 Å². The van der Waals surface area contributed by atoms with Crippen LogP contribution in [0.1, 0.15) is 43.7 Å². The van der Waals surface area contributed by atoms with Crippen molar-refractivity contribution in [2.75, 3.05) is 30.0 Å². The van der Waals surface area contributed by atoms with Crippen molar-refractivity contribution >= 4 is 41.0 Å². The number of amides is 2. The number of hydrogen-bond acceptors (Lipinski definition) is 5. The number of ether oxygens (including phenoxy) is 1. The molecule has 0 aromatic heterocycles. The smallest absolute Gasteiger partial charge is 0.255 e. The van der Waals surface area contributed by atoms with Crippen molar-refractivity contribution < 1.29 is 14.3 Å². The van der Waals surface area contributed by atoms with Crippen molar-refractivity contribution in [1.29, 1.82) is 0 Å². The lowest BCUT2D eigenvalue weighted by atomic mass is 10.1. The monoisotopic (exact) mass is 428 g/mol. The summed E-state index contributed by atoms with van der Waals surface area (Å²) in [5.74, 6) is 1.91. The fraction of sp³-hybridized carbons (Fsp3) is 0.364. The summed E-state index contributed by atoms with van der Waals surface area (Å²) in [6, 6.07) is 14.8. The van der Waals surface area contributed by atoms with E-state index in [9.17, 15) is 9.59 Å². The molecule has 2 N–H and O–H groups in total. The zero-order chi connectivity index (χ0) is 20.1. The van der Waals surface area contributed by atoms with Crippen molar-refractivity contribution in [3.8, 4) is 0 Å². The number of thioether (sulfide) groups is 2. The maximum absolute atomic E-state index is 12.7. The van der Waals surface area contributed by atoms with E-state index in [-0.39, 0.29) is 17.9 Å². The molecule has 0 spiro atoms. The van der Waals surface area contributed by atoms with Crippen LogP contribution in [0.5, 0.6) is 0 Å². The molecule has 7 heteroatoms. The van der Waals surface area contributed by atoms with Gasteiger partial charge in [-0.15, -0.1) is 23.5 Å². The van der Waals surface area contributed by atoms with Gasteiger partial charge in [-0.05, 0) is 42.7 Å².